The Labute approximate surface area is 195 Å². The fraction of sp³-hybridized carbons (Fsp3) is 0.111. The smallest absolute Gasteiger partial charge is 0.257 e. The molecule has 0 unspecified atom stereocenters. The van der Waals surface area contributed by atoms with Crippen LogP contribution in [0.4, 0.5) is 5.69 Å². The number of rotatable bonds is 5. The first-order valence-electron chi connectivity index (χ1n) is 10.7. The number of pyridine rings is 1. The molecule has 5 rings (SSSR count). The van der Waals surface area contributed by atoms with E-state index in [0.717, 1.165) is 5.56 Å². The molecule has 7 nitrogen and oxygen atoms in total. The van der Waals surface area contributed by atoms with Crippen molar-refractivity contribution in [3.05, 3.63) is 106 Å². The highest BCUT2D eigenvalue weighted by Crippen LogP contribution is 2.41. The number of benzene rings is 3. The van der Waals surface area contributed by atoms with Gasteiger partial charge in [-0.2, -0.15) is 0 Å². The van der Waals surface area contributed by atoms with Gasteiger partial charge >= 0.3 is 0 Å². The van der Waals surface area contributed by atoms with E-state index in [4.69, 9.17) is 20.8 Å². The summed E-state index contributed by atoms with van der Waals surface area (Å²) in [4.78, 5) is 19.3. The van der Waals surface area contributed by atoms with Crippen molar-refractivity contribution in [3.8, 4) is 39.6 Å². The van der Waals surface area contributed by atoms with Crippen LogP contribution in [0.1, 0.15) is 11.9 Å². The second kappa shape index (κ2) is 9.24. The van der Waals surface area contributed by atoms with E-state index >= 15 is 0 Å². The number of nitrogens with zero attached hydrogens (tertiary/aromatic N) is 1. The Bertz CT molecular complexity index is 1420. The topological polar surface area (TPSA) is 85.1 Å². The van der Waals surface area contributed by atoms with Crippen LogP contribution in [0.3, 0.4) is 0 Å². The van der Waals surface area contributed by atoms with Crippen molar-refractivity contribution in [2.75, 3.05) is 13.2 Å². The zero-order valence-corrected chi connectivity index (χ0v) is 18.0. The molecule has 2 N–H and O–H groups in total. The van der Waals surface area contributed by atoms with Crippen LogP contribution < -0.4 is 10.3 Å². The molecule has 0 radical (unpaired) electrons. The third-order valence-corrected chi connectivity index (χ3v) is 5.47. The lowest BCUT2D eigenvalue weighted by Crippen LogP contribution is -2.11. The van der Waals surface area contributed by atoms with Crippen LogP contribution in [-0.4, -0.2) is 23.3 Å². The summed E-state index contributed by atoms with van der Waals surface area (Å²) in [5.74, 6) is 0.933. The zero-order valence-electron chi connectivity index (χ0n) is 18.0. The summed E-state index contributed by atoms with van der Waals surface area (Å²) in [6.07, 6.45) is -0.516. The number of H-pyrrole nitrogens is 1. The van der Waals surface area contributed by atoms with Crippen LogP contribution in [0.2, 0.25) is 0 Å². The van der Waals surface area contributed by atoms with Crippen molar-refractivity contribution in [2.24, 2.45) is 0 Å². The standard InChI is InChI=1S/C27H20N2O5/c1-28-24-23(17-10-12-21(13-11-17)34-20-8-3-2-4-9-20)29-26(31)22(25(24)30)18-6-5-7-19(16-18)27-32-14-15-33-27/h2-13,16,27H,14-15H2,(H2,29,30,31). The minimum absolute atomic E-state index is 0.0265. The molecule has 7 heteroatoms. The number of aromatic nitrogens is 1. The van der Waals surface area contributed by atoms with E-state index in [1.807, 2.05) is 36.4 Å². The minimum Gasteiger partial charge on any atom is -0.518 e. The number of nitrogens with one attached hydrogen (secondary N) is 1. The van der Waals surface area contributed by atoms with Gasteiger partial charge in [-0.05, 0) is 41.5 Å². The van der Waals surface area contributed by atoms with E-state index < -0.39 is 11.8 Å². The summed E-state index contributed by atoms with van der Waals surface area (Å²) >= 11 is 0. The number of hydrogen-bond acceptors (Lipinski definition) is 5. The van der Waals surface area contributed by atoms with E-state index in [1.54, 1.807) is 42.5 Å². The van der Waals surface area contributed by atoms with Crippen LogP contribution in [0.5, 0.6) is 17.2 Å². The monoisotopic (exact) mass is 452 g/mol. The fourth-order valence-electron chi connectivity index (χ4n) is 3.87. The van der Waals surface area contributed by atoms with Gasteiger partial charge in [0, 0.05) is 5.56 Å². The van der Waals surface area contributed by atoms with Crippen LogP contribution >= 0.6 is 0 Å². The van der Waals surface area contributed by atoms with Gasteiger partial charge in [-0.25, -0.2) is 4.85 Å². The molecular weight excluding hydrogens is 432 g/mol. The first kappa shape index (κ1) is 21.5. The summed E-state index contributed by atoms with van der Waals surface area (Å²) in [5, 5.41) is 10.9. The van der Waals surface area contributed by atoms with Gasteiger partial charge < -0.3 is 24.3 Å². The van der Waals surface area contributed by atoms with Crippen LogP contribution in [0.15, 0.2) is 83.7 Å². The zero-order chi connectivity index (χ0) is 23.5. The lowest BCUT2D eigenvalue weighted by Gasteiger charge is -2.14. The molecule has 0 saturated carbocycles. The SMILES string of the molecule is [C-]#[N+]c1c(-c2ccc(Oc3ccccc3)cc2)[nH]c(=O)c(-c2cccc(C3OCCO3)c2)c1O. The predicted molar refractivity (Wildman–Crippen MR) is 127 cm³/mol. The molecule has 4 aromatic rings. The summed E-state index contributed by atoms with van der Waals surface area (Å²) < 4.78 is 16.9. The normalized spacial score (nSPS) is 13.5. The summed E-state index contributed by atoms with van der Waals surface area (Å²) in [6, 6.07) is 23.3. The third kappa shape index (κ3) is 4.16. The Balaban J connectivity index is 1.50. The average molecular weight is 452 g/mol. The highest BCUT2D eigenvalue weighted by Gasteiger charge is 2.22. The molecule has 1 saturated heterocycles. The van der Waals surface area contributed by atoms with Gasteiger partial charge in [0.1, 0.15) is 17.2 Å². The Morgan fingerprint density at radius 1 is 0.912 bits per heavy atom. The highest BCUT2D eigenvalue weighted by molar-refractivity contribution is 5.87. The Hall–Kier alpha value is -4.38. The largest absolute Gasteiger partial charge is 0.518 e. The van der Waals surface area contributed by atoms with Gasteiger partial charge in [0.2, 0.25) is 0 Å². The van der Waals surface area contributed by atoms with Crippen molar-refractivity contribution in [1.82, 2.24) is 4.98 Å². The molecule has 0 bridgehead atoms. The van der Waals surface area contributed by atoms with E-state index in [2.05, 4.69) is 9.83 Å². The Morgan fingerprint density at radius 3 is 2.32 bits per heavy atom. The van der Waals surface area contributed by atoms with Gasteiger partial charge in [0.15, 0.2) is 6.29 Å². The van der Waals surface area contributed by atoms with Gasteiger partial charge in [0.05, 0.1) is 31.0 Å². The summed E-state index contributed by atoms with van der Waals surface area (Å²) in [7, 11) is 0. The first-order valence-corrected chi connectivity index (χ1v) is 10.7. The summed E-state index contributed by atoms with van der Waals surface area (Å²) in [5.41, 5.74) is 1.51. The lowest BCUT2D eigenvalue weighted by molar-refractivity contribution is -0.0440. The molecule has 1 aliphatic heterocycles. The van der Waals surface area contributed by atoms with Crippen molar-refractivity contribution in [1.29, 1.82) is 0 Å². The fourth-order valence-corrected chi connectivity index (χ4v) is 3.87. The molecule has 1 fully saturated rings. The summed E-state index contributed by atoms with van der Waals surface area (Å²) in [6.45, 7) is 8.64. The lowest BCUT2D eigenvalue weighted by atomic mass is 10.0. The molecule has 2 heterocycles. The molecule has 3 aromatic carbocycles. The molecule has 0 spiro atoms. The second-order valence-corrected chi connectivity index (χ2v) is 7.65. The Kier molecular flexibility index (Phi) is 5.83. The maximum absolute atomic E-state index is 13.0. The number of para-hydroxylation sites is 1. The molecule has 0 aliphatic carbocycles. The molecule has 1 aromatic heterocycles. The molecule has 1 aliphatic rings. The predicted octanol–water partition coefficient (Wildman–Crippen LogP) is 5.80. The average Bonchev–Trinajstić information content (AvgIpc) is 3.40. The van der Waals surface area contributed by atoms with Gasteiger partial charge in [-0.1, -0.05) is 48.5 Å². The minimum atomic E-state index is -0.516. The van der Waals surface area contributed by atoms with Gasteiger partial charge in [0.25, 0.3) is 11.2 Å². The van der Waals surface area contributed by atoms with E-state index in [-0.39, 0.29) is 22.7 Å². The maximum Gasteiger partial charge on any atom is 0.257 e. The van der Waals surface area contributed by atoms with Crippen LogP contribution in [0, 0.1) is 6.57 Å². The first-order chi connectivity index (χ1) is 16.6. The van der Waals surface area contributed by atoms with Crippen molar-refractivity contribution in [3.63, 3.8) is 0 Å². The number of aromatic amines is 1. The number of aromatic hydroxyl groups is 1. The van der Waals surface area contributed by atoms with Gasteiger partial charge in [-0.3, -0.25) is 4.79 Å². The Morgan fingerprint density at radius 2 is 1.62 bits per heavy atom. The molecule has 0 amide bonds. The molecular formula is C27H20N2O5. The third-order valence-electron chi connectivity index (χ3n) is 5.47. The maximum atomic E-state index is 13.0. The van der Waals surface area contributed by atoms with Crippen molar-refractivity contribution >= 4 is 5.69 Å². The van der Waals surface area contributed by atoms with Crippen molar-refractivity contribution in [2.45, 2.75) is 6.29 Å². The van der Waals surface area contributed by atoms with Crippen LogP contribution in [0.25, 0.3) is 27.2 Å². The molecule has 168 valence electrons. The van der Waals surface area contributed by atoms with Crippen molar-refractivity contribution < 1.29 is 19.3 Å². The van der Waals surface area contributed by atoms with Crippen LogP contribution in [-0.2, 0) is 9.47 Å². The quantitative estimate of drug-likeness (QED) is 0.374. The van der Waals surface area contributed by atoms with Gasteiger partial charge in [-0.15, -0.1) is 0 Å². The van der Waals surface area contributed by atoms with E-state index in [9.17, 15) is 9.90 Å². The molecule has 0 atom stereocenters. The van der Waals surface area contributed by atoms with E-state index in [0.29, 0.717) is 35.8 Å². The second-order valence-electron chi connectivity index (χ2n) is 7.65. The molecule has 34 heavy (non-hydrogen) atoms. The number of ether oxygens (including phenoxy) is 3. The number of hydrogen-bond donors (Lipinski definition) is 2. The van der Waals surface area contributed by atoms with E-state index in [1.165, 1.54) is 0 Å². The highest BCUT2D eigenvalue weighted by atomic mass is 16.7.